The molecule has 0 aliphatic heterocycles. The topological polar surface area (TPSA) is 77.8 Å². The van der Waals surface area contributed by atoms with E-state index in [4.69, 9.17) is 10.2 Å². The van der Waals surface area contributed by atoms with Crippen molar-refractivity contribution < 1.29 is 4.42 Å². The smallest absolute Gasteiger partial charge is 0.249 e. The first-order chi connectivity index (χ1) is 9.34. The molecule has 2 heterocycles. The van der Waals surface area contributed by atoms with E-state index < -0.39 is 6.04 Å². The van der Waals surface area contributed by atoms with Crippen LogP contribution in [0.4, 0.5) is 0 Å². The van der Waals surface area contributed by atoms with Crippen LogP contribution < -0.4 is 5.73 Å². The second-order valence-electron chi connectivity index (χ2n) is 4.08. The maximum absolute atomic E-state index is 6.10. The summed E-state index contributed by atoms with van der Waals surface area (Å²) in [6.07, 6.45) is 3.36. The average Bonchev–Trinajstić information content (AvgIpc) is 2.98. The SMILES string of the molecule is NC(c1ccccc1)c1nnc(-c2cccnc2)o1. The fraction of sp³-hybridized carbons (Fsp3) is 0.0714. The van der Waals surface area contributed by atoms with Crippen LogP contribution in [-0.4, -0.2) is 15.2 Å². The van der Waals surface area contributed by atoms with Gasteiger partial charge in [-0.15, -0.1) is 10.2 Å². The van der Waals surface area contributed by atoms with Gasteiger partial charge in [0.25, 0.3) is 0 Å². The molecule has 0 radical (unpaired) electrons. The van der Waals surface area contributed by atoms with Gasteiger partial charge in [0.1, 0.15) is 6.04 Å². The molecule has 3 aromatic rings. The molecule has 1 atom stereocenters. The zero-order chi connectivity index (χ0) is 13.1. The van der Waals surface area contributed by atoms with Gasteiger partial charge in [-0.05, 0) is 17.7 Å². The Morgan fingerprint density at radius 2 is 1.84 bits per heavy atom. The first kappa shape index (κ1) is 11.6. The highest BCUT2D eigenvalue weighted by Crippen LogP contribution is 2.22. The molecule has 0 saturated carbocycles. The molecule has 0 saturated heterocycles. The van der Waals surface area contributed by atoms with Gasteiger partial charge < -0.3 is 10.2 Å². The Labute approximate surface area is 110 Å². The lowest BCUT2D eigenvalue weighted by atomic mass is 10.1. The van der Waals surface area contributed by atoms with E-state index in [9.17, 15) is 0 Å². The Bertz CT molecular complexity index is 651. The van der Waals surface area contributed by atoms with Crippen LogP contribution in [-0.2, 0) is 0 Å². The first-order valence-electron chi connectivity index (χ1n) is 5.89. The lowest BCUT2D eigenvalue weighted by molar-refractivity contribution is 0.484. The van der Waals surface area contributed by atoms with E-state index in [2.05, 4.69) is 15.2 Å². The van der Waals surface area contributed by atoms with Crippen molar-refractivity contribution in [3.8, 4) is 11.5 Å². The molecule has 2 aromatic heterocycles. The van der Waals surface area contributed by atoms with Crippen molar-refractivity contribution in [3.63, 3.8) is 0 Å². The third kappa shape index (κ3) is 2.36. The van der Waals surface area contributed by atoms with E-state index in [0.29, 0.717) is 11.8 Å². The molecule has 5 nitrogen and oxygen atoms in total. The van der Waals surface area contributed by atoms with Gasteiger partial charge in [0.2, 0.25) is 11.8 Å². The van der Waals surface area contributed by atoms with Crippen LogP contribution in [0.2, 0.25) is 0 Å². The number of benzene rings is 1. The second-order valence-corrected chi connectivity index (χ2v) is 4.08. The molecule has 1 unspecified atom stereocenters. The summed E-state index contributed by atoms with van der Waals surface area (Å²) in [5.74, 6) is 0.819. The summed E-state index contributed by atoms with van der Waals surface area (Å²) >= 11 is 0. The first-order valence-corrected chi connectivity index (χ1v) is 5.89. The van der Waals surface area contributed by atoms with Crippen LogP contribution in [0, 0.1) is 0 Å². The minimum atomic E-state index is -0.417. The fourth-order valence-electron chi connectivity index (χ4n) is 1.77. The number of aromatic nitrogens is 3. The molecular weight excluding hydrogens is 240 g/mol. The minimum absolute atomic E-state index is 0.394. The molecule has 0 spiro atoms. The van der Waals surface area contributed by atoms with Crippen molar-refractivity contribution in [1.82, 2.24) is 15.2 Å². The lowest BCUT2D eigenvalue weighted by Gasteiger charge is -2.06. The normalized spacial score (nSPS) is 12.3. The van der Waals surface area contributed by atoms with Crippen molar-refractivity contribution in [2.45, 2.75) is 6.04 Å². The molecule has 0 aliphatic carbocycles. The van der Waals surface area contributed by atoms with Gasteiger partial charge in [0.15, 0.2) is 0 Å². The van der Waals surface area contributed by atoms with Crippen LogP contribution >= 0.6 is 0 Å². The summed E-state index contributed by atoms with van der Waals surface area (Å²) in [7, 11) is 0. The predicted octanol–water partition coefficient (Wildman–Crippen LogP) is 2.18. The zero-order valence-corrected chi connectivity index (χ0v) is 10.1. The molecule has 0 amide bonds. The molecule has 3 rings (SSSR count). The maximum Gasteiger partial charge on any atom is 0.249 e. The van der Waals surface area contributed by atoms with Crippen molar-refractivity contribution in [2.75, 3.05) is 0 Å². The van der Waals surface area contributed by atoms with Crippen LogP contribution in [0.15, 0.2) is 59.3 Å². The molecule has 0 bridgehead atoms. The molecule has 0 aliphatic rings. The van der Waals surface area contributed by atoms with Crippen molar-refractivity contribution >= 4 is 0 Å². The van der Waals surface area contributed by atoms with Gasteiger partial charge in [-0.2, -0.15) is 0 Å². The molecule has 94 valence electrons. The van der Waals surface area contributed by atoms with E-state index in [-0.39, 0.29) is 0 Å². The summed E-state index contributed by atoms with van der Waals surface area (Å²) in [6.45, 7) is 0. The number of rotatable bonds is 3. The Morgan fingerprint density at radius 3 is 2.58 bits per heavy atom. The van der Waals surface area contributed by atoms with Crippen LogP contribution in [0.3, 0.4) is 0 Å². The van der Waals surface area contributed by atoms with Crippen molar-refractivity contribution in [2.24, 2.45) is 5.73 Å². The minimum Gasteiger partial charge on any atom is -0.419 e. The van der Waals surface area contributed by atoms with E-state index >= 15 is 0 Å². The van der Waals surface area contributed by atoms with Crippen LogP contribution in [0.25, 0.3) is 11.5 Å². The monoisotopic (exact) mass is 252 g/mol. The van der Waals surface area contributed by atoms with E-state index in [1.807, 2.05) is 42.5 Å². The molecule has 2 N–H and O–H groups in total. The third-order valence-electron chi connectivity index (χ3n) is 2.77. The highest BCUT2D eigenvalue weighted by molar-refractivity contribution is 5.50. The average molecular weight is 252 g/mol. The predicted molar refractivity (Wildman–Crippen MR) is 70.0 cm³/mol. The maximum atomic E-state index is 6.10. The Morgan fingerprint density at radius 1 is 1.00 bits per heavy atom. The summed E-state index contributed by atoms with van der Waals surface area (Å²) in [4.78, 5) is 4.01. The Hall–Kier alpha value is -2.53. The van der Waals surface area contributed by atoms with E-state index in [1.165, 1.54) is 0 Å². The van der Waals surface area contributed by atoms with Gasteiger partial charge in [0.05, 0.1) is 5.56 Å². The molecule has 0 fully saturated rings. The Balaban J connectivity index is 1.90. The van der Waals surface area contributed by atoms with Crippen molar-refractivity contribution in [3.05, 3.63) is 66.3 Å². The van der Waals surface area contributed by atoms with Crippen LogP contribution in [0.5, 0.6) is 0 Å². The third-order valence-corrected chi connectivity index (χ3v) is 2.77. The molecular formula is C14H12N4O. The van der Waals surface area contributed by atoms with Gasteiger partial charge in [-0.3, -0.25) is 4.98 Å². The number of nitrogens with two attached hydrogens (primary N) is 1. The summed E-state index contributed by atoms with van der Waals surface area (Å²) < 4.78 is 5.60. The van der Waals surface area contributed by atoms with Gasteiger partial charge in [-0.25, -0.2) is 0 Å². The van der Waals surface area contributed by atoms with Crippen molar-refractivity contribution in [1.29, 1.82) is 0 Å². The largest absolute Gasteiger partial charge is 0.419 e. The number of hydrogen-bond acceptors (Lipinski definition) is 5. The van der Waals surface area contributed by atoms with E-state index in [1.54, 1.807) is 12.4 Å². The molecule has 5 heteroatoms. The highest BCUT2D eigenvalue weighted by Gasteiger charge is 2.16. The van der Waals surface area contributed by atoms with Crippen LogP contribution in [0.1, 0.15) is 17.5 Å². The van der Waals surface area contributed by atoms with Gasteiger partial charge in [-0.1, -0.05) is 30.3 Å². The van der Waals surface area contributed by atoms with Gasteiger partial charge >= 0.3 is 0 Å². The number of pyridine rings is 1. The quantitative estimate of drug-likeness (QED) is 0.773. The lowest BCUT2D eigenvalue weighted by Crippen LogP contribution is -2.11. The molecule has 1 aromatic carbocycles. The summed E-state index contributed by atoms with van der Waals surface area (Å²) in [5.41, 5.74) is 7.81. The standard InChI is InChI=1S/C14H12N4O/c15-12(10-5-2-1-3-6-10)14-18-17-13(19-14)11-7-4-8-16-9-11/h1-9,12H,15H2. The molecule has 19 heavy (non-hydrogen) atoms. The number of hydrogen-bond donors (Lipinski definition) is 1. The zero-order valence-electron chi connectivity index (χ0n) is 10.1. The Kier molecular flexibility index (Phi) is 3.04. The summed E-state index contributed by atoms with van der Waals surface area (Å²) in [5, 5.41) is 8.00. The van der Waals surface area contributed by atoms with E-state index in [0.717, 1.165) is 11.1 Å². The summed E-state index contributed by atoms with van der Waals surface area (Å²) in [6, 6.07) is 12.9. The number of nitrogens with zero attached hydrogens (tertiary/aromatic N) is 3. The second kappa shape index (κ2) is 4.99. The highest BCUT2D eigenvalue weighted by atomic mass is 16.4. The fourth-order valence-corrected chi connectivity index (χ4v) is 1.77. The van der Waals surface area contributed by atoms with Gasteiger partial charge in [0, 0.05) is 12.4 Å².